The summed E-state index contributed by atoms with van der Waals surface area (Å²) in [6.07, 6.45) is 2.46. The molecule has 8 nitrogen and oxygen atoms in total. The molecule has 0 saturated carbocycles. The van der Waals surface area contributed by atoms with Gasteiger partial charge in [-0.3, -0.25) is 4.79 Å². The van der Waals surface area contributed by atoms with Crippen molar-refractivity contribution >= 4 is 23.2 Å². The number of aromatic nitrogens is 3. The van der Waals surface area contributed by atoms with E-state index >= 15 is 0 Å². The van der Waals surface area contributed by atoms with Crippen LogP contribution < -0.4 is 0 Å². The predicted octanol–water partition coefficient (Wildman–Crippen LogP) is 6.18. The third-order valence-corrected chi connectivity index (χ3v) is 7.93. The number of likely N-dealkylation sites (tertiary alicyclic amines) is 1. The van der Waals surface area contributed by atoms with Crippen molar-refractivity contribution in [3.8, 4) is 11.5 Å². The Balaban J connectivity index is 1.48. The Morgan fingerprint density at radius 1 is 1.13 bits per heavy atom. The molecule has 1 unspecified atom stereocenters. The lowest BCUT2D eigenvalue weighted by molar-refractivity contribution is 0.0526. The number of rotatable bonds is 8. The normalized spacial score (nSPS) is 15.5. The van der Waals surface area contributed by atoms with E-state index < -0.39 is 11.4 Å². The minimum absolute atomic E-state index is 0.0836. The molecule has 1 aliphatic heterocycles. The Kier molecular flexibility index (Phi) is 7.61. The second-order valence-corrected chi connectivity index (χ2v) is 11.4. The standard InChI is InChI=1S/C30H32N4O4S/c1-5-37-28(36)23-15-21(25-32-33-29(38-25)30(3,4)17-20-10-7-6-8-11-20)14-22(16-23)27(35)34-13-9-12-24(34)26-31-19(2)18-39-26/h6-8,10-11,14-16,18,24H,5,9,12-13,17H2,1-4H3. The van der Waals surface area contributed by atoms with E-state index in [0.29, 0.717) is 30.0 Å². The molecule has 5 rings (SSSR count). The molecule has 0 spiro atoms. The van der Waals surface area contributed by atoms with Gasteiger partial charge in [-0.2, -0.15) is 0 Å². The molecule has 0 aliphatic carbocycles. The molecule has 1 atom stereocenters. The molecule has 1 saturated heterocycles. The minimum Gasteiger partial charge on any atom is -0.462 e. The number of hydrogen-bond donors (Lipinski definition) is 0. The van der Waals surface area contributed by atoms with E-state index in [4.69, 9.17) is 9.15 Å². The average Bonchev–Trinajstić information content (AvgIpc) is 3.69. The van der Waals surface area contributed by atoms with Gasteiger partial charge in [0.15, 0.2) is 0 Å². The zero-order valence-electron chi connectivity index (χ0n) is 22.6. The van der Waals surface area contributed by atoms with Crippen molar-refractivity contribution in [2.45, 2.75) is 58.4 Å². The summed E-state index contributed by atoms with van der Waals surface area (Å²) >= 11 is 1.57. The van der Waals surface area contributed by atoms with Crippen LogP contribution >= 0.6 is 11.3 Å². The first-order valence-electron chi connectivity index (χ1n) is 13.2. The highest BCUT2D eigenvalue weighted by molar-refractivity contribution is 7.09. The van der Waals surface area contributed by atoms with Gasteiger partial charge in [-0.15, -0.1) is 21.5 Å². The Morgan fingerprint density at radius 2 is 1.90 bits per heavy atom. The SMILES string of the molecule is CCOC(=O)c1cc(C(=O)N2CCCC2c2nc(C)cs2)cc(-c2nnc(C(C)(C)Cc3ccccc3)o2)c1. The van der Waals surface area contributed by atoms with Crippen molar-refractivity contribution < 1.29 is 18.7 Å². The van der Waals surface area contributed by atoms with Crippen molar-refractivity contribution in [1.82, 2.24) is 20.1 Å². The number of carbonyl (C=O) groups is 2. The van der Waals surface area contributed by atoms with Gasteiger partial charge < -0.3 is 14.1 Å². The maximum atomic E-state index is 13.8. The zero-order chi connectivity index (χ0) is 27.6. The van der Waals surface area contributed by atoms with Crippen molar-refractivity contribution in [2.24, 2.45) is 0 Å². The first kappa shape index (κ1) is 26.7. The van der Waals surface area contributed by atoms with Crippen LogP contribution in [-0.4, -0.2) is 45.1 Å². The summed E-state index contributed by atoms with van der Waals surface area (Å²) in [5.41, 5.74) is 2.83. The molecule has 2 aromatic carbocycles. The molecule has 9 heteroatoms. The van der Waals surface area contributed by atoms with Crippen LogP contribution in [-0.2, 0) is 16.6 Å². The number of hydrogen-bond acceptors (Lipinski definition) is 8. The third-order valence-electron chi connectivity index (χ3n) is 6.87. The number of aryl methyl sites for hydroxylation is 1. The van der Waals surface area contributed by atoms with Gasteiger partial charge in [0.1, 0.15) is 5.01 Å². The van der Waals surface area contributed by atoms with Crippen molar-refractivity contribution in [3.63, 3.8) is 0 Å². The van der Waals surface area contributed by atoms with Gasteiger partial charge in [0.05, 0.1) is 18.2 Å². The summed E-state index contributed by atoms with van der Waals surface area (Å²) in [5.74, 6) is 0.0577. The van der Waals surface area contributed by atoms with E-state index in [1.54, 1.807) is 36.5 Å². The predicted molar refractivity (Wildman–Crippen MR) is 149 cm³/mol. The van der Waals surface area contributed by atoms with Crippen LogP contribution in [0.15, 0.2) is 58.3 Å². The van der Waals surface area contributed by atoms with Gasteiger partial charge in [-0.05, 0) is 56.9 Å². The topological polar surface area (TPSA) is 98.4 Å². The van der Waals surface area contributed by atoms with Crippen LogP contribution in [0.5, 0.6) is 0 Å². The summed E-state index contributed by atoms with van der Waals surface area (Å²) in [4.78, 5) is 33.0. The van der Waals surface area contributed by atoms with Crippen LogP contribution in [0.25, 0.3) is 11.5 Å². The zero-order valence-corrected chi connectivity index (χ0v) is 23.5. The molecule has 39 heavy (non-hydrogen) atoms. The fraction of sp³-hybridized carbons (Fsp3) is 0.367. The van der Waals surface area contributed by atoms with E-state index in [9.17, 15) is 9.59 Å². The van der Waals surface area contributed by atoms with Gasteiger partial charge >= 0.3 is 5.97 Å². The summed E-state index contributed by atoms with van der Waals surface area (Å²) in [7, 11) is 0. The van der Waals surface area contributed by atoms with Gasteiger partial charge in [0.25, 0.3) is 5.91 Å². The molecule has 3 heterocycles. The lowest BCUT2D eigenvalue weighted by Gasteiger charge is -2.23. The Hall–Kier alpha value is -3.85. The van der Waals surface area contributed by atoms with Crippen molar-refractivity contribution in [2.75, 3.05) is 13.2 Å². The highest BCUT2D eigenvalue weighted by Gasteiger charge is 2.34. The van der Waals surface area contributed by atoms with E-state index in [1.807, 2.05) is 35.4 Å². The van der Waals surface area contributed by atoms with Gasteiger partial charge in [0, 0.05) is 34.2 Å². The smallest absolute Gasteiger partial charge is 0.338 e. The monoisotopic (exact) mass is 544 g/mol. The van der Waals surface area contributed by atoms with E-state index in [-0.39, 0.29) is 30.0 Å². The lowest BCUT2D eigenvalue weighted by Crippen LogP contribution is -2.30. The Bertz CT molecular complexity index is 1480. The lowest BCUT2D eigenvalue weighted by atomic mass is 9.86. The van der Waals surface area contributed by atoms with Crippen LogP contribution in [0.2, 0.25) is 0 Å². The van der Waals surface area contributed by atoms with E-state index in [0.717, 1.165) is 29.1 Å². The number of carbonyl (C=O) groups excluding carboxylic acids is 2. The molecule has 1 fully saturated rings. The fourth-order valence-electron chi connectivity index (χ4n) is 4.96. The van der Waals surface area contributed by atoms with Crippen LogP contribution in [0.3, 0.4) is 0 Å². The molecule has 2 aromatic heterocycles. The highest BCUT2D eigenvalue weighted by Crippen LogP contribution is 2.36. The molecule has 0 radical (unpaired) electrons. The van der Waals surface area contributed by atoms with Gasteiger partial charge in [-0.1, -0.05) is 44.2 Å². The van der Waals surface area contributed by atoms with E-state index in [1.165, 1.54) is 0 Å². The first-order chi connectivity index (χ1) is 18.7. The number of esters is 1. The molecule has 1 aliphatic rings. The maximum absolute atomic E-state index is 13.8. The second-order valence-electron chi connectivity index (χ2n) is 10.5. The Morgan fingerprint density at radius 3 is 2.62 bits per heavy atom. The maximum Gasteiger partial charge on any atom is 0.338 e. The summed E-state index contributed by atoms with van der Waals surface area (Å²) in [5, 5.41) is 11.6. The molecule has 202 valence electrons. The molecular formula is C30H32N4O4S. The van der Waals surface area contributed by atoms with E-state index in [2.05, 4.69) is 41.2 Å². The van der Waals surface area contributed by atoms with Crippen molar-refractivity contribution in [1.29, 1.82) is 0 Å². The molecule has 4 aromatic rings. The van der Waals surface area contributed by atoms with Gasteiger partial charge in [0.2, 0.25) is 11.8 Å². The number of ether oxygens (including phenoxy) is 1. The van der Waals surface area contributed by atoms with Crippen LogP contribution in [0, 0.1) is 6.92 Å². The largest absolute Gasteiger partial charge is 0.462 e. The first-order valence-corrected chi connectivity index (χ1v) is 14.1. The van der Waals surface area contributed by atoms with Crippen LogP contribution in [0.4, 0.5) is 0 Å². The Labute approximate surface area is 232 Å². The minimum atomic E-state index is -0.508. The summed E-state index contributed by atoms with van der Waals surface area (Å²) in [6.45, 7) is 8.65. The fourth-order valence-corrected chi connectivity index (χ4v) is 5.90. The quantitative estimate of drug-likeness (QED) is 0.244. The van der Waals surface area contributed by atoms with Crippen LogP contribution in [0.1, 0.15) is 82.5 Å². The third kappa shape index (κ3) is 5.78. The highest BCUT2D eigenvalue weighted by atomic mass is 32.1. The summed E-state index contributed by atoms with van der Waals surface area (Å²) in [6, 6.07) is 15.0. The molecule has 0 N–H and O–H groups in total. The number of thiazole rings is 1. The van der Waals surface area contributed by atoms with Crippen molar-refractivity contribution in [3.05, 3.63) is 87.2 Å². The molecular weight excluding hydrogens is 512 g/mol. The average molecular weight is 545 g/mol. The molecule has 0 bridgehead atoms. The number of nitrogens with zero attached hydrogens (tertiary/aromatic N) is 4. The molecule has 1 amide bonds. The number of amides is 1. The summed E-state index contributed by atoms with van der Waals surface area (Å²) < 4.78 is 11.4. The number of benzene rings is 2. The second kappa shape index (κ2) is 11.1. The van der Waals surface area contributed by atoms with Gasteiger partial charge in [-0.25, -0.2) is 9.78 Å².